The molecular weight excluding hydrogens is 362 g/mol. The molecule has 1 amide bonds. The van der Waals surface area contributed by atoms with Gasteiger partial charge in [-0.05, 0) is 12.5 Å². The molecule has 2 aliphatic heterocycles. The van der Waals surface area contributed by atoms with Gasteiger partial charge in [-0.3, -0.25) is 9.59 Å². The van der Waals surface area contributed by atoms with Crippen molar-refractivity contribution in [1.82, 2.24) is 4.90 Å². The first-order chi connectivity index (χ1) is 13.3. The lowest BCUT2D eigenvalue weighted by Gasteiger charge is -2.45. The number of ether oxygens (including phenoxy) is 1. The first-order valence-corrected chi connectivity index (χ1v) is 8.84. The Hall–Kier alpha value is -3.00. The molecule has 2 aromatic rings. The third kappa shape index (κ3) is 1.62. The van der Waals surface area contributed by atoms with Gasteiger partial charge in [-0.15, -0.1) is 0 Å². The second kappa shape index (κ2) is 5.08. The number of carbonyl (C=O) groups is 2. The van der Waals surface area contributed by atoms with Crippen LogP contribution in [0.25, 0.3) is 0 Å². The molecule has 7 nitrogen and oxygen atoms in total. The number of benzene rings is 2. The summed E-state index contributed by atoms with van der Waals surface area (Å²) in [4.78, 5) is 26.8. The van der Waals surface area contributed by atoms with Gasteiger partial charge in [0.15, 0.2) is 0 Å². The van der Waals surface area contributed by atoms with Crippen molar-refractivity contribution < 1.29 is 29.6 Å². The van der Waals surface area contributed by atoms with E-state index in [1.165, 1.54) is 19.1 Å². The zero-order valence-corrected chi connectivity index (χ0v) is 14.9. The summed E-state index contributed by atoms with van der Waals surface area (Å²) in [6, 6.07) is 15.0. The van der Waals surface area contributed by atoms with Crippen LogP contribution in [-0.2, 0) is 32.4 Å². The van der Waals surface area contributed by atoms with E-state index in [-0.39, 0.29) is 29.0 Å². The van der Waals surface area contributed by atoms with E-state index >= 15 is 0 Å². The summed E-state index contributed by atoms with van der Waals surface area (Å²) in [7, 11) is 0. The Balaban J connectivity index is 1.82. The molecule has 7 heteroatoms. The van der Waals surface area contributed by atoms with E-state index in [1.807, 2.05) is 0 Å². The summed E-state index contributed by atoms with van der Waals surface area (Å²) < 4.78 is 5.68. The molecule has 0 bridgehead atoms. The molecule has 1 aliphatic carbocycles. The number of aliphatic hydroxyl groups is 3. The van der Waals surface area contributed by atoms with Crippen molar-refractivity contribution in [2.75, 3.05) is 0 Å². The van der Waals surface area contributed by atoms with E-state index in [2.05, 4.69) is 0 Å². The molecule has 2 heterocycles. The summed E-state index contributed by atoms with van der Waals surface area (Å²) in [6.07, 6.45) is 0. The van der Waals surface area contributed by atoms with Gasteiger partial charge in [0, 0.05) is 17.7 Å². The molecule has 1 fully saturated rings. The molecular formula is C21H17NO6. The number of ketones is 1. The molecule has 3 aliphatic rings. The van der Waals surface area contributed by atoms with Crippen LogP contribution in [0.3, 0.4) is 0 Å². The normalized spacial score (nSPS) is 29.6. The number of fused-ring (bicyclic) bond motifs is 2. The van der Waals surface area contributed by atoms with Gasteiger partial charge in [-0.2, -0.15) is 0 Å². The molecule has 5 rings (SSSR count). The zero-order chi connectivity index (χ0) is 19.9. The van der Waals surface area contributed by atoms with Gasteiger partial charge in [0.1, 0.15) is 5.76 Å². The van der Waals surface area contributed by atoms with Crippen molar-refractivity contribution in [3.63, 3.8) is 0 Å². The van der Waals surface area contributed by atoms with Crippen LogP contribution >= 0.6 is 0 Å². The predicted octanol–water partition coefficient (Wildman–Crippen LogP) is 0.637. The molecule has 2 aromatic carbocycles. The van der Waals surface area contributed by atoms with Crippen molar-refractivity contribution in [1.29, 1.82) is 0 Å². The highest BCUT2D eigenvalue weighted by Gasteiger charge is 2.84. The predicted molar refractivity (Wildman–Crippen MR) is 95.0 cm³/mol. The Labute approximate surface area is 160 Å². The van der Waals surface area contributed by atoms with Crippen molar-refractivity contribution in [2.45, 2.75) is 30.6 Å². The van der Waals surface area contributed by atoms with Gasteiger partial charge in [0.2, 0.25) is 11.3 Å². The van der Waals surface area contributed by atoms with E-state index in [9.17, 15) is 24.9 Å². The largest absolute Gasteiger partial charge is 0.459 e. The Kier molecular flexibility index (Phi) is 3.11. The summed E-state index contributed by atoms with van der Waals surface area (Å²) >= 11 is 0. The van der Waals surface area contributed by atoms with Crippen LogP contribution in [0.15, 0.2) is 65.9 Å². The number of rotatable bonds is 2. The molecule has 0 aromatic heterocycles. The monoisotopic (exact) mass is 379 g/mol. The molecule has 28 heavy (non-hydrogen) atoms. The van der Waals surface area contributed by atoms with E-state index in [0.29, 0.717) is 5.56 Å². The molecule has 0 saturated carbocycles. The smallest absolute Gasteiger partial charge is 0.296 e. The number of hydrogen-bond donors (Lipinski definition) is 3. The Morgan fingerprint density at radius 3 is 2.21 bits per heavy atom. The van der Waals surface area contributed by atoms with Crippen LogP contribution in [0.5, 0.6) is 0 Å². The topological polar surface area (TPSA) is 107 Å². The van der Waals surface area contributed by atoms with E-state index in [4.69, 9.17) is 4.74 Å². The van der Waals surface area contributed by atoms with E-state index < -0.39 is 28.8 Å². The third-order valence-corrected chi connectivity index (χ3v) is 5.93. The average molecular weight is 379 g/mol. The molecule has 1 spiro atoms. The Morgan fingerprint density at radius 1 is 0.929 bits per heavy atom. The van der Waals surface area contributed by atoms with Crippen molar-refractivity contribution in [3.8, 4) is 0 Å². The number of nitrogens with zero attached hydrogens (tertiary/aromatic N) is 1. The highest BCUT2D eigenvalue weighted by Crippen LogP contribution is 2.66. The van der Waals surface area contributed by atoms with Crippen LogP contribution in [-0.4, -0.2) is 37.4 Å². The third-order valence-electron chi connectivity index (χ3n) is 5.93. The Morgan fingerprint density at radius 2 is 1.54 bits per heavy atom. The fourth-order valence-electron chi connectivity index (χ4n) is 4.88. The summed E-state index contributed by atoms with van der Waals surface area (Å²) in [5.74, 6) is -6.87. The van der Waals surface area contributed by atoms with Crippen molar-refractivity contribution in [3.05, 3.63) is 82.6 Å². The van der Waals surface area contributed by atoms with Crippen LogP contribution in [0.4, 0.5) is 0 Å². The SMILES string of the molecule is CC1=C2C(=O)C(=O)N(Cc3ccccc3)[C@@]23C(O)(O)c2ccccc2[C@]3(O)O1. The number of hydrogen-bond acceptors (Lipinski definition) is 6. The fraction of sp³-hybridized carbons (Fsp3) is 0.238. The van der Waals surface area contributed by atoms with E-state index in [0.717, 1.165) is 4.90 Å². The quantitative estimate of drug-likeness (QED) is 0.522. The van der Waals surface area contributed by atoms with E-state index in [1.54, 1.807) is 42.5 Å². The Bertz CT molecular complexity index is 1080. The van der Waals surface area contributed by atoms with Gasteiger partial charge >= 0.3 is 0 Å². The minimum Gasteiger partial charge on any atom is -0.459 e. The highest BCUT2D eigenvalue weighted by molar-refractivity contribution is 6.46. The van der Waals surface area contributed by atoms with Gasteiger partial charge in [-0.25, -0.2) is 0 Å². The number of allylic oxidation sites excluding steroid dienone is 1. The first-order valence-electron chi connectivity index (χ1n) is 8.84. The zero-order valence-electron chi connectivity index (χ0n) is 14.9. The van der Waals surface area contributed by atoms with Crippen LogP contribution in [0.1, 0.15) is 23.6 Å². The lowest BCUT2D eigenvalue weighted by atomic mass is 9.79. The van der Waals surface area contributed by atoms with Gasteiger partial charge in [-0.1, -0.05) is 54.6 Å². The average Bonchev–Trinajstić information content (AvgIpc) is 3.12. The molecule has 1 saturated heterocycles. The lowest BCUT2D eigenvalue weighted by molar-refractivity contribution is -0.317. The second-order valence-electron chi connectivity index (χ2n) is 7.31. The number of Topliss-reactive ketones (excluding diaryl/α,β-unsaturated/α-hetero) is 1. The summed E-state index contributed by atoms with van der Waals surface area (Å²) in [5.41, 5.74) is -1.66. The summed E-state index contributed by atoms with van der Waals surface area (Å²) in [6.45, 7) is 1.33. The minimum absolute atomic E-state index is 0.00149. The molecule has 0 radical (unpaired) electrons. The summed E-state index contributed by atoms with van der Waals surface area (Å²) in [5, 5.41) is 34.2. The maximum atomic E-state index is 12.9. The number of likely N-dealkylation sites (tertiary alicyclic amines) is 1. The maximum Gasteiger partial charge on any atom is 0.296 e. The minimum atomic E-state index is -2.73. The first kappa shape index (κ1) is 17.1. The fourth-order valence-corrected chi connectivity index (χ4v) is 4.88. The van der Waals surface area contributed by atoms with Crippen molar-refractivity contribution >= 4 is 11.7 Å². The van der Waals surface area contributed by atoms with Crippen LogP contribution < -0.4 is 0 Å². The molecule has 2 atom stereocenters. The highest BCUT2D eigenvalue weighted by atomic mass is 16.6. The van der Waals surface area contributed by atoms with Crippen molar-refractivity contribution in [2.24, 2.45) is 0 Å². The number of amides is 1. The molecule has 3 N–H and O–H groups in total. The van der Waals surface area contributed by atoms with Gasteiger partial charge < -0.3 is 25.0 Å². The molecule has 0 unspecified atom stereocenters. The second-order valence-corrected chi connectivity index (χ2v) is 7.31. The lowest BCUT2D eigenvalue weighted by Crippen LogP contribution is -2.66. The van der Waals surface area contributed by atoms with Crippen LogP contribution in [0.2, 0.25) is 0 Å². The van der Waals surface area contributed by atoms with Gasteiger partial charge in [0.05, 0.1) is 5.57 Å². The molecule has 142 valence electrons. The van der Waals surface area contributed by atoms with Gasteiger partial charge in [0.25, 0.3) is 17.5 Å². The number of carbonyl (C=O) groups excluding carboxylic acids is 2. The maximum absolute atomic E-state index is 12.9. The standard InChI is InChI=1S/C21H17NO6/c1-12-16-17(23)18(24)22(11-13-7-3-2-4-8-13)19(16)20(25,26)14-9-5-6-10-15(14)21(19,27)28-12/h2-10,25-27H,11H2,1H3/t19-,21+/m1/s1. The van der Waals surface area contributed by atoms with Crippen LogP contribution in [0, 0.1) is 0 Å².